The van der Waals surface area contributed by atoms with E-state index < -0.39 is 5.83 Å². The predicted molar refractivity (Wildman–Crippen MR) is 68.3 cm³/mol. The van der Waals surface area contributed by atoms with Gasteiger partial charge in [0.2, 0.25) is 0 Å². The molecular formula is C11H14BrFN2. The maximum Gasteiger partial charge on any atom is 0.162 e. The second-order valence-electron chi connectivity index (χ2n) is 3.03. The topological polar surface area (TPSA) is 24.7 Å². The summed E-state index contributed by atoms with van der Waals surface area (Å²) in [5, 5.41) is 0. The van der Waals surface area contributed by atoms with E-state index in [4.69, 9.17) is 0 Å². The second kappa shape index (κ2) is 6.45. The summed E-state index contributed by atoms with van der Waals surface area (Å²) in [4.78, 5) is 7.63. The van der Waals surface area contributed by atoms with E-state index in [-0.39, 0.29) is 10.2 Å². The average molecular weight is 273 g/mol. The lowest BCUT2D eigenvalue weighted by molar-refractivity contribution is 0.644. The lowest BCUT2D eigenvalue weighted by Gasteiger charge is -2.03. The van der Waals surface area contributed by atoms with Crippen LogP contribution in [-0.4, -0.2) is 12.6 Å². The summed E-state index contributed by atoms with van der Waals surface area (Å²) in [6.07, 6.45) is 1.38. The molecule has 15 heavy (non-hydrogen) atoms. The van der Waals surface area contributed by atoms with E-state index in [9.17, 15) is 4.39 Å². The summed E-state index contributed by atoms with van der Waals surface area (Å²) >= 11 is 3.06. The number of allylic oxidation sites excluding steroid dienone is 4. The molecule has 0 radical (unpaired) electrons. The summed E-state index contributed by atoms with van der Waals surface area (Å²) < 4.78 is 14.0. The van der Waals surface area contributed by atoms with Crippen molar-refractivity contribution < 1.29 is 4.39 Å². The molecule has 0 bridgehead atoms. The molecule has 4 heteroatoms. The second-order valence-corrected chi connectivity index (χ2v) is 3.89. The highest BCUT2D eigenvalue weighted by molar-refractivity contribution is 9.11. The Hall–Kier alpha value is -1.03. The van der Waals surface area contributed by atoms with E-state index in [0.717, 1.165) is 5.57 Å². The van der Waals surface area contributed by atoms with Crippen LogP contribution in [0.5, 0.6) is 0 Å². The Labute approximate surface area is 98.1 Å². The summed E-state index contributed by atoms with van der Waals surface area (Å²) in [5.74, 6) is -0.0290. The smallest absolute Gasteiger partial charge is 0.162 e. The average Bonchev–Trinajstić information content (AvgIpc) is 2.22. The van der Waals surface area contributed by atoms with E-state index >= 15 is 0 Å². The van der Waals surface area contributed by atoms with Gasteiger partial charge in [0.25, 0.3) is 0 Å². The van der Waals surface area contributed by atoms with E-state index in [1.54, 1.807) is 20.8 Å². The van der Waals surface area contributed by atoms with Crippen molar-refractivity contribution in [3.63, 3.8) is 0 Å². The highest BCUT2D eigenvalue weighted by Crippen LogP contribution is 2.25. The molecule has 0 saturated heterocycles. The Morgan fingerprint density at radius 1 is 1.33 bits per heavy atom. The molecule has 0 atom stereocenters. The number of halogens is 2. The molecule has 0 spiro atoms. The molecule has 0 fully saturated rings. The van der Waals surface area contributed by atoms with Crippen LogP contribution in [0.25, 0.3) is 0 Å². The first-order valence-corrected chi connectivity index (χ1v) is 5.10. The highest BCUT2D eigenvalue weighted by atomic mass is 79.9. The molecule has 0 N–H and O–H groups in total. The Kier molecular flexibility index (Phi) is 6.01. The van der Waals surface area contributed by atoms with Crippen LogP contribution in [0.4, 0.5) is 4.39 Å². The highest BCUT2D eigenvalue weighted by Gasteiger charge is 2.09. The Morgan fingerprint density at radius 3 is 2.20 bits per heavy atom. The van der Waals surface area contributed by atoms with Crippen molar-refractivity contribution in [3.8, 4) is 0 Å². The van der Waals surface area contributed by atoms with Gasteiger partial charge in [-0.3, -0.25) is 0 Å². The van der Waals surface area contributed by atoms with Crippen LogP contribution < -0.4 is 0 Å². The molecule has 0 rings (SSSR count). The number of aliphatic imine (C=N–C) groups is 2. The van der Waals surface area contributed by atoms with Crippen LogP contribution >= 0.6 is 15.9 Å². The van der Waals surface area contributed by atoms with Gasteiger partial charge in [-0.1, -0.05) is 12.7 Å². The first-order chi connectivity index (χ1) is 6.93. The van der Waals surface area contributed by atoms with Crippen molar-refractivity contribution in [3.05, 3.63) is 34.2 Å². The van der Waals surface area contributed by atoms with Gasteiger partial charge in [-0.05, 0) is 49.0 Å². The Bertz CT molecular complexity index is 361. The van der Waals surface area contributed by atoms with Crippen molar-refractivity contribution in [2.24, 2.45) is 9.98 Å². The van der Waals surface area contributed by atoms with Gasteiger partial charge < -0.3 is 0 Å². The molecular weight excluding hydrogens is 259 g/mol. The van der Waals surface area contributed by atoms with Crippen LogP contribution in [-0.2, 0) is 0 Å². The molecule has 0 amide bonds. The maximum absolute atomic E-state index is 13.7. The lowest BCUT2D eigenvalue weighted by atomic mass is 10.2. The molecule has 0 aliphatic carbocycles. The van der Waals surface area contributed by atoms with E-state index in [0.29, 0.717) is 5.84 Å². The molecule has 0 aromatic carbocycles. The fourth-order valence-corrected chi connectivity index (χ4v) is 0.968. The number of hydrogen-bond acceptors (Lipinski definition) is 1. The van der Waals surface area contributed by atoms with Crippen LogP contribution in [0.3, 0.4) is 0 Å². The predicted octanol–water partition coefficient (Wildman–Crippen LogP) is 4.16. The first kappa shape index (κ1) is 14.0. The van der Waals surface area contributed by atoms with Gasteiger partial charge in [0.15, 0.2) is 5.83 Å². The molecule has 0 aromatic heterocycles. The molecule has 0 aliphatic rings. The molecule has 0 aromatic rings. The number of amidine groups is 1. The van der Waals surface area contributed by atoms with Crippen LogP contribution in [0.2, 0.25) is 0 Å². The van der Waals surface area contributed by atoms with Gasteiger partial charge in [0, 0.05) is 0 Å². The van der Waals surface area contributed by atoms with Crippen LogP contribution in [0.1, 0.15) is 20.8 Å². The van der Waals surface area contributed by atoms with Gasteiger partial charge in [-0.25, -0.2) is 14.4 Å². The molecule has 0 aliphatic heterocycles. The monoisotopic (exact) mass is 272 g/mol. The molecule has 2 nitrogen and oxygen atoms in total. The van der Waals surface area contributed by atoms with E-state index in [1.807, 2.05) is 0 Å². The van der Waals surface area contributed by atoms with E-state index in [1.165, 1.54) is 6.08 Å². The van der Waals surface area contributed by atoms with Crippen molar-refractivity contribution in [1.82, 2.24) is 0 Å². The van der Waals surface area contributed by atoms with E-state index in [2.05, 4.69) is 39.2 Å². The maximum atomic E-state index is 13.7. The number of rotatable bonds is 3. The van der Waals surface area contributed by atoms with Crippen molar-refractivity contribution in [2.75, 3.05) is 0 Å². The minimum Gasteiger partial charge on any atom is -0.249 e. The summed E-state index contributed by atoms with van der Waals surface area (Å²) in [7, 11) is 0. The molecule has 0 heterocycles. The minimum absolute atomic E-state index is 0.256. The van der Waals surface area contributed by atoms with Gasteiger partial charge >= 0.3 is 0 Å². The zero-order chi connectivity index (χ0) is 12.0. The van der Waals surface area contributed by atoms with Crippen LogP contribution in [0, 0.1) is 0 Å². The molecule has 0 unspecified atom stereocenters. The Morgan fingerprint density at radius 2 is 1.87 bits per heavy atom. The fraction of sp³-hybridized carbons (Fsp3) is 0.273. The van der Waals surface area contributed by atoms with Gasteiger partial charge in [-0.15, -0.1) is 0 Å². The largest absolute Gasteiger partial charge is 0.249 e. The SMILES string of the molecule is C=C/C(Br)=C(/F)C(N=C(C)N=C)=C(C)C. The number of nitrogens with zero attached hydrogens (tertiary/aromatic N) is 2. The zero-order valence-corrected chi connectivity index (χ0v) is 10.7. The van der Waals surface area contributed by atoms with Gasteiger partial charge in [0.05, 0.1) is 4.48 Å². The first-order valence-electron chi connectivity index (χ1n) is 4.31. The molecule has 82 valence electrons. The van der Waals surface area contributed by atoms with Crippen molar-refractivity contribution in [2.45, 2.75) is 20.8 Å². The third-order valence-corrected chi connectivity index (χ3v) is 2.24. The summed E-state index contributed by atoms with van der Waals surface area (Å²) in [6.45, 7) is 12.0. The van der Waals surface area contributed by atoms with Crippen molar-refractivity contribution >= 4 is 28.5 Å². The third-order valence-electron chi connectivity index (χ3n) is 1.57. The quantitative estimate of drug-likeness (QED) is 0.419. The van der Waals surface area contributed by atoms with Gasteiger partial charge in [0.1, 0.15) is 11.5 Å². The summed E-state index contributed by atoms with van der Waals surface area (Å²) in [6, 6.07) is 0. The lowest BCUT2D eigenvalue weighted by Crippen LogP contribution is -1.92. The van der Waals surface area contributed by atoms with Crippen molar-refractivity contribution in [1.29, 1.82) is 0 Å². The molecule has 0 saturated carbocycles. The van der Waals surface area contributed by atoms with Gasteiger partial charge in [-0.2, -0.15) is 0 Å². The number of hydrogen-bond donors (Lipinski definition) is 0. The summed E-state index contributed by atoms with van der Waals surface area (Å²) in [5.41, 5.74) is 1.01. The zero-order valence-electron chi connectivity index (χ0n) is 9.14. The third kappa shape index (κ3) is 4.34. The minimum atomic E-state index is -0.451. The van der Waals surface area contributed by atoms with Crippen LogP contribution in [0.15, 0.2) is 44.2 Å². The normalized spacial score (nSPS) is 13.0. The standard InChI is InChI=1S/C11H14BrFN2/c1-6-9(12)10(13)11(7(2)3)15-8(4)14-5/h6H,1,5H2,2-4H3/b10-9-,15-8?. The Balaban J connectivity index is 5.50. The fourth-order valence-electron chi connectivity index (χ4n) is 0.780.